The van der Waals surface area contributed by atoms with Crippen LogP contribution in [0.3, 0.4) is 0 Å². The number of carbonyl (C=O) groups is 2. The first-order chi connectivity index (χ1) is 12.1. The van der Waals surface area contributed by atoms with Crippen molar-refractivity contribution in [3.05, 3.63) is 18.0 Å². The molecule has 0 atom stereocenters. The van der Waals surface area contributed by atoms with Crippen LogP contribution in [-0.4, -0.2) is 81.6 Å². The van der Waals surface area contributed by atoms with Crippen LogP contribution < -0.4 is 0 Å². The Hall–Kier alpha value is -1.89. The lowest BCUT2D eigenvalue weighted by molar-refractivity contribution is -0.139. The van der Waals surface area contributed by atoms with Crippen molar-refractivity contribution in [3.63, 3.8) is 0 Å². The van der Waals surface area contributed by atoms with Gasteiger partial charge in [-0.15, -0.1) is 0 Å². The van der Waals surface area contributed by atoms with Crippen molar-refractivity contribution in [3.8, 4) is 0 Å². The number of nitrogens with zero attached hydrogens (tertiary/aromatic N) is 5. The van der Waals surface area contributed by atoms with E-state index in [0.717, 1.165) is 38.6 Å². The summed E-state index contributed by atoms with van der Waals surface area (Å²) in [7, 11) is 1.80. The molecule has 3 fully saturated rings. The summed E-state index contributed by atoms with van der Waals surface area (Å²) in [5.41, 5.74) is 0.597. The molecule has 2 saturated heterocycles. The first-order valence-corrected chi connectivity index (χ1v) is 9.42. The smallest absolute Gasteiger partial charge is 0.257 e. The van der Waals surface area contributed by atoms with Crippen molar-refractivity contribution < 1.29 is 9.59 Å². The van der Waals surface area contributed by atoms with E-state index in [1.165, 1.54) is 19.3 Å². The Morgan fingerprint density at radius 3 is 2.48 bits per heavy atom. The van der Waals surface area contributed by atoms with Crippen LogP contribution in [0.5, 0.6) is 0 Å². The Morgan fingerprint density at radius 1 is 1.04 bits per heavy atom. The molecular weight excluding hydrogens is 318 g/mol. The quantitative estimate of drug-likeness (QED) is 0.804. The van der Waals surface area contributed by atoms with Gasteiger partial charge in [0.25, 0.3) is 5.91 Å². The van der Waals surface area contributed by atoms with Crippen LogP contribution in [0.2, 0.25) is 0 Å². The van der Waals surface area contributed by atoms with E-state index in [1.54, 1.807) is 29.0 Å². The highest BCUT2D eigenvalue weighted by Gasteiger charge is 2.39. The molecule has 1 saturated carbocycles. The molecule has 0 N–H and O–H groups in total. The van der Waals surface area contributed by atoms with E-state index >= 15 is 0 Å². The Labute approximate surface area is 148 Å². The molecule has 25 heavy (non-hydrogen) atoms. The number of likely N-dealkylation sites (tertiary alicyclic amines) is 1. The summed E-state index contributed by atoms with van der Waals surface area (Å²) in [5, 5.41) is 4.04. The van der Waals surface area contributed by atoms with Gasteiger partial charge in [0.2, 0.25) is 5.91 Å². The Kier molecular flexibility index (Phi) is 4.50. The van der Waals surface area contributed by atoms with Gasteiger partial charge in [0, 0.05) is 58.6 Å². The fraction of sp³-hybridized carbons (Fsp3) is 0.722. The predicted octanol–water partition coefficient (Wildman–Crippen LogP) is 0.579. The van der Waals surface area contributed by atoms with E-state index in [4.69, 9.17) is 0 Å². The van der Waals surface area contributed by atoms with Crippen molar-refractivity contribution in [2.45, 2.75) is 31.7 Å². The molecule has 2 amide bonds. The minimum atomic E-state index is -0.0316. The molecule has 1 aromatic rings. The molecule has 7 heteroatoms. The summed E-state index contributed by atoms with van der Waals surface area (Å²) in [6.07, 6.45) is 8.37. The molecule has 0 unspecified atom stereocenters. The maximum atomic E-state index is 12.8. The third kappa shape index (κ3) is 3.29. The summed E-state index contributed by atoms with van der Waals surface area (Å²) in [4.78, 5) is 31.4. The van der Waals surface area contributed by atoms with E-state index in [9.17, 15) is 9.59 Å². The lowest BCUT2D eigenvalue weighted by atomic mass is 9.91. The standard InChI is InChI=1S/C18H27N5O2/c1-20-11-14(10-19-20)17(24)23-12-15(13-23)18(25)22-7-3-6-21(8-9-22)16-4-2-5-16/h10-11,15-16H,2-9,12-13H2,1H3. The van der Waals surface area contributed by atoms with Gasteiger partial charge in [-0.05, 0) is 19.3 Å². The summed E-state index contributed by atoms with van der Waals surface area (Å²) >= 11 is 0. The monoisotopic (exact) mass is 345 g/mol. The largest absolute Gasteiger partial charge is 0.341 e. The fourth-order valence-electron chi connectivity index (χ4n) is 4.05. The first-order valence-electron chi connectivity index (χ1n) is 9.42. The topological polar surface area (TPSA) is 61.7 Å². The molecule has 0 bridgehead atoms. The Morgan fingerprint density at radius 2 is 1.84 bits per heavy atom. The number of carbonyl (C=O) groups excluding carboxylic acids is 2. The second-order valence-corrected chi connectivity index (χ2v) is 7.61. The predicted molar refractivity (Wildman–Crippen MR) is 93.0 cm³/mol. The van der Waals surface area contributed by atoms with Crippen molar-refractivity contribution in [1.29, 1.82) is 0 Å². The van der Waals surface area contributed by atoms with Gasteiger partial charge in [-0.3, -0.25) is 19.2 Å². The van der Waals surface area contributed by atoms with Crippen molar-refractivity contribution in [2.24, 2.45) is 13.0 Å². The highest BCUT2D eigenvalue weighted by atomic mass is 16.2. The number of hydrogen-bond acceptors (Lipinski definition) is 4. The van der Waals surface area contributed by atoms with Crippen molar-refractivity contribution in [1.82, 2.24) is 24.5 Å². The third-order valence-corrected chi connectivity index (χ3v) is 5.90. The van der Waals surface area contributed by atoms with Crippen LogP contribution in [0.15, 0.2) is 12.4 Å². The number of amides is 2. The Bertz CT molecular complexity index is 648. The van der Waals surface area contributed by atoms with Crippen LogP contribution >= 0.6 is 0 Å². The minimum absolute atomic E-state index is 0.0239. The molecule has 3 heterocycles. The van der Waals surface area contributed by atoms with Gasteiger partial charge in [-0.25, -0.2) is 0 Å². The van der Waals surface area contributed by atoms with Crippen LogP contribution in [-0.2, 0) is 11.8 Å². The van der Waals surface area contributed by atoms with Gasteiger partial charge in [0.1, 0.15) is 0 Å². The van der Waals surface area contributed by atoms with Crippen LogP contribution in [0.25, 0.3) is 0 Å². The normalized spacial score (nSPS) is 23.1. The van der Waals surface area contributed by atoms with E-state index < -0.39 is 0 Å². The summed E-state index contributed by atoms with van der Waals surface area (Å²) < 4.78 is 1.63. The van der Waals surface area contributed by atoms with Gasteiger partial charge in [0.15, 0.2) is 0 Å². The number of rotatable bonds is 3. The zero-order chi connectivity index (χ0) is 17.4. The van der Waals surface area contributed by atoms with Crippen LogP contribution in [0.4, 0.5) is 0 Å². The SMILES string of the molecule is Cn1cc(C(=O)N2CC(C(=O)N3CCCN(C4CCC4)CC3)C2)cn1. The average Bonchev–Trinajstić information content (AvgIpc) is 2.79. The third-order valence-electron chi connectivity index (χ3n) is 5.90. The maximum Gasteiger partial charge on any atom is 0.257 e. The minimum Gasteiger partial charge on any atom is -0.341 e. The molecule has 0 aromatic carbocycles. The molecule has 0 spiro atoms. The zero-order valence-electron chi connectivity index (χ0n) is 14.9. The second kappa shape index (κ2) is 6.78. The van der Waals surface area contributed by atoms with Crippen molar-refractivity contribution in [2.75, 3.05) is 39.3 Å². The van der Waals surface area contributed by atoms with Gasteiger partial charge in [0.05, 0.1) is 17.7 Å². The zero-order valence-corrected chi connectivity index (χ0v) is 14.9. The molecule has 7 nitrogen and oxygen atoms in total. The molecule has 3 aliphatic rings. The fourth-order valence-corrected chi connectivity index (χ4v) is 4.05. The number of hydrogen-bond donors (Lipinski definition) is 0. The highest BCUT2D eigenvalue weighted by Crippen LogP contribution is 2.26. The summed E-state index contributed by atoms with van der Waals surface area (Å²) in [6.45, 7) is 4.88. The summed E-state index contributed by atoms with van der Waals surface area (Å²) in [6, 6.07) is 0.756. The van der Waals surface area contributed by atoms with Crippen LogP contribution in [0.1, 0.15) is 36.0 Å². The molecular formula is C18H27N5O2. The van der Waals surface area contributed by atoms with Gasteiger partial charge in [-0.1, -0.05) is 6.42 Å². The molecule has 2 aliphatic heterocycles. The first kappa shape index (κ1) is 16.6. The van der Waals surface area contributed by atoms with Crippen LogP contribution in [0, 0.1) is 5.92 Å². The number of aryl methyl sites for hydroxylation is 1. The Balaban J connectivity index is 1.27. The lowest BCUT2D eigenvalue weighted by Crippen LogP contribution is -2.56. The maximum absolute atomic E-state index is 12.8. The highest BCUT2D eigenvalue weighted by molar-refractivity contribution is 5.95. The number of aromatic nitrogens is 2. The van der Waals surface area contributed by atoms with Gasteiger partial charge >= 0.3 is 0 Å². The molecule has 136 valence electrons. The van der Waals surface area contributed by atoms with E-state index in [0.29, 0.717) is 18.7 Å². The van der Waals surface area contributed by atoms with E-state index in [1.807, 2.05) is 4.90 Å². The molecule has 1 aliphatic carbocycles. The van der Waals surface area contributed by atoms with E-state index in [-0.39, 0.29) is 17.7 Å². The van der Waals surface area contributed by atoms with Gasteiger partial charge < -0.3 is 9.80 Å². The molecule has 1 aromatic heterocycles. The average molecular weight is 345 g/mol. The summed E-state index contributed by atoms with van der Waals surface area (Å²) in [5.74, 6) is 0.172. The molecule has 4 rings (SSSR count). The lowest BCUT2D eigenvalue weighted by Gasteiger charge is -2.40. The molecule has 0 radical (unpaired) electrons. The van der Waals surface area contributed by atoms with Gasteiger partial charge in [-0.2, -0.15) is 5.10 Å². The van der Waals surface area contributed by atoms with E-state index in [2.05, 4.69) is 10.00 Å². The van der Waals surface area contributed by atoms with Crippen molar-refractivity contribution >= 4 is 11.8 Å². The second-order valence-electron chi connectivity index (χ2n) is 7.61.